The molecular formula is C30H33FN4O4S. The Labute approximate surface area is 237 Å². The number of nitrogens with one attached hydrogen (secondary N) is 2. The Morgan fingerprint density at radius 2 is 1.90 bits per heavy atom. The number of hydrogen-bond acceptors (Lipinski definition) is 7. The second-order valence-corrected chi connectivity index (χ2v) is 9.60. The summed E-state index contributed by atoms with van der Waals surface area (Å²) in [5.41, 5.74) is 8.45. The van der Waals surface area contributed by atoms with Gasteiger partial charge in [-0.15, -0.1) is 11.8 Å². The Hall–Kier alpha value is -4.31. The smallest absolute Gasteiger partial charge is 0.305 e. The first-order valence-electron chi connectivity index (χ1n) is 12.6. The lowest BCUT2D eigenvalue weighted by Gasteiger charge is -2.20. The van der Waals surface area contributed by atoms with Crippen molar-refractivity contribution < 1.29 is 23.8 Å². The normalized spacial score (nSPS) is 11.2. The Morgan fingerprint density at radius 1 is 1.12 bits per heavy atom. The van der Waals surface area contributed by atoms with E-state index in [0.717, 1.165) is 38.9 Å². The van der Waals surface area contributed by atoms with E-state index in [0.29, 0.717) is 11.6 Å². The Kier molecular flexibility index (Phi) is 11.1. The van der Waals surface area contributed by atoms with Gasteiger partial charge in [0.2, 0.25) is 5.91 Å². The third-order valence-corrected chi connectivity index (χ3v) is 6.92. The summed E-state index contributed by atoms with van der Waals surface area (Å²) >= 11 is 1.52. The zero-order valence-corrected chi connectivity index (χ0v) is 23.4. The third-order valence-electron chi connectivity index (χ3n) is 6.11. The maximum atomic E-state index is 12.6. The molecule has 0 bridgehead atoms. The number of anilines is 2. The molecule has 210 valence electrons. The van der Waals surface area contributed by atoms with Crippen LogP contribution >= 0.6 is 11.8 Å². The average Bonchev–Trinajstić information content (AvgIpc) is 2.95. The number of nitrogens with two attached hydrogens (primary N) is 1. The number of halogens is 1. The molecule has 0 spiro atoms. The van der Waals surface area contributed by atoms with Crippen molar-refractivity contribution in [2.45, 2.75) is 30.7 Å². The molecule has 10 heteroatoms. The van der Waals surface area contributed by atoms with Crippen molar-refractivity contribution in [1.82, 2.24) is 10.3 Å². The van der Waals surface area contributed by atoms with Crippen molar-refractivity contribution >= 4 is 45.9 Å². The quantitative estimate of drug-likeness (QED) is 0.181. The summed E-state index contributed by atoms with van der Waals surface area (Å²) in [4.78, 5) is 28.8. The molecule has 0 saturated carbocycles. The van der Waals surface area contributed by atoms with Gasteiger partial charge in [-0.3, -0.25) is 9.59 Å². The number of fused-ring (bicyclic) bond motifs is 1. The van der Waals surface area contributed by atoms with Crippen LogP contribution in [0.3, 0.4) is 0 Å². The van der Waals surface area contributed by atoms with Gasteiger partial charge in [0, 0.05) is 28.2 Å². The summed E-state index contributed by atoms with van der Waals surface area (Å²) in [5.74, 6) is -0.427. The van der Waals surface area contributed by atoms with E-state index in [1.54, 1.807) is 19.4 Å². The molecule has 8 nitrogen and oxygen atoms in total. The first kappa shape index (κ1) is 30.2. The number of carbonyl (C=O) groups excluding carboxylic acids is 1. The number of carbonyl (C=O) groups is 2. The molecule has 0 aliphatic rings. The van der Waals surface area contributed by atoms with Crippen LogP contribution in [-0.4, -0.2) is 41.9 Å². The molecule has 0 radical (unpaired) electrons. The fourth-order valence-corrected chi connectivity index (χ4v) is 4.78. The van der Waals surface area contributed by atoms with E-state index < -0.39 is 12.0 Å². The van der Waals surface area contributed by atoms with Crippen LogP contribution in [0.1, 0.15) is 30.5 Å². The van der Waals surface area contributed by atoms with Crippen molar-refractivity contribution in [3.8, 4) is 5.75 Å². The Bertz CT molecular complexity index is 1470. The van der Waals surface area contributed by atoms with Gasteiger partial charge in [0.25, 0.3) is 0 Å². The predicted molar refractivity (Wildman–Crippen MR) is 158 cm³/mol. The van der Waals surface area contributed by atoms with Gasteiger partial charge >= 0.3 is 5.97 Å². The molecule has 1 heterocycles. The van der Waals surface area contributed by atoms with E-state index in [-0.39, 0.29) is 24.7 Å². The van der Waals surface area contributed by atoms with Gasteiger partial charge in [0.1, 0.15) is 17.4 Å². The lowest BCUT2D eigenvalue weighted by molar-refractivity contribution is -0.137. The fraction of sp³-hybridized carbons (Fsp3) is 0.233. The number of aryl methyl sites for hydroxylation is 1. The van der Waals surface area contributed by atoms with Crippen LogP contribution < -0.4 is 21.1 Å². The van der Waals surface area contributed by atoms with Crippen LogP contribution in [0.15, 0.2) is 77.8 Å². The third kappa shape index (κ3) is 8.34. The highest BCUT2D eigenvalue weighted by Crippen LogP contribution is 2.28. The lowest BCUT2D eigenvalue weighted by atomic mass is 10.0. The molecule has 40 heavy (non-hydrogen) atoms. The highest BCUT2D eigenvalue weighted by molar-refractivity contribution is 7.98. The number of aliphatic carboxylic acids is 1. The lowest BCUT2D eigenvalue weighted by Crippen LogP contribution is -2.34. The summed E-state index contributed by atoms with van der Waals surface area (Å²) < 4.78 is 17.6. The van der Waals surface area contributed by atoms with Crippen molar-refractivity contribution in [3.05, 3.63) is 89.9 Å². The van der Waals surface area contributed by atoms with Crippen LogP contribution in [0.5, 0.6) is 5.75 Å². The molecule has 1 aromatic heterocycles. The molecule has 1 atom stereocenters. The minimum atomic E-state index is -0.972. The van der Waals surface area contributed by atoms with Crippen molar-refractivity contribution in [2.24, 2.45) is 0 Å². The van der Waals surface area contributed by atoms with Crippen molar-refractivity contribution in [1.29, 1.82) is 0 Å². The number of thioether (sulfide) groups is 1. The van der Waals surface area contributed by atoms with Crippen LogP contribution in [0.2, 0.25) is 0 Å². The summed E-state index contributed by atoms with van der Waals surface area (Å²) in [5, 5.41) is 16.9. The number of aromatic nitrogens is 1. The minimum absolute atomic E-state index is 0.0175. The number of methoxy groups -OCH3 is 1. The molecule has 0 fully saturated rings. The number of nitrogen functional groups attached to an aromatic ring is 1. The molecule has 5 N–H and O–H groups in total. The van der Waals surface area contributed by atoms with Gasteiger partial charge in [-0.25, -0.2) is 9.37 Å². The molecule has 3 aromatic carbocycles. The van der Waals surface area contributed by atoms with Gasteiger partial charge in [-0.2, -0.15) is 0 Å². The fourth-order valence-electron chi connectivity index (χ4n) is 4.12. The second kappa shape index (κ2) is 14.7. The molecule has 4 aromatic rings. The number of ether oxygens (including phenoxy) is 1. The van der Waals surface area contributed by atoms with E-state index in [9.17, 15) is 19.1 Å². The zero-order chi connectivity index (χ0) is 29.1. The summed E-state index contributed by atoms with van der Waals surface area (Å²) in [6.07, 6.45) is 4.23. The van der Waals surface area contributed by atoms with Crippen molar-refractivity contribution in [3.63, 3.8) is 0 Å². The van der Waals surface area contributed by atoms with Gasteiger partial charge < -0.3 is 26.2 Å². The van der Waals surface area contributed by atoms with Gasteiger partial charge in [-0.1, -0.05) is 31.2 Å². The van der Waals surface area contributed by atoms with E-state index in [1.807, 2.05) is 61.7 Å². The molecule has 0 aliphatic carbocycles. The van der Waals surface area contributed by atoms with Gasteiger partial charge in [0.15, 0.2) is 0 Å². The highest BCUT2D eigenvalue weighted by Gasteiger charge is 2.20. The molecule has 0 aliphatic heterocycles. The SMILES string of the molecule is CCc1ccc(F)cc1OC.CSc1ccccc1C(CC(=O)O)NC(=O)CNc1ccc2c(N)nccc2c1. The first-order valence-corrected chi connectivity index (χ1v) is 13.8. The number of carboxylic acids is 1. The maximum absolute atomic E-state index is 12.6. The molecular weight excluding hydrogens is 531 g/mol. The van der Waals surface area contributed by atoms with Crippen LogP contribution in [0.25, 0.3) is 10.8 Å². The Balaban J connectivity index is 0.000000336. The summed E-state index contributed by atoms with van der Waals surface area (Å²) in [7, 11) is 1.55. The van der Waals surface area contributed by atoms with E-state index in [2.05, 4.69) is 15.6 Å². The monoisotopic (exact) mass is 564 g/mol. The molecule has 4 rings (SSSR count). The van der Waals surface area contributed by atoms with Gasteiger partial charge in [0.05, 0.1) is 26.1 Å². The Morgan fingerprint density at radius 3 is 2.60 bits per heavy atom. The number of hydrogen-bond donors (Lipinski definition) is 4. The predicted octanol–water partition coefficient (Wildman–Crippen LogP) is 5.68. The van der Waals surface area contributed by atoms with E-state index in [4.69, 9.17) is 10.5 Å². The number of nitrogens with zero attached hydrogens (tertiary/aromatic N) is 1. The number of pyridine rings is 1. The van der Waals surface area contributed by atoms with Crippen LogP contribution in [0.4, 0.5) is 15.9 Å². The highest BCUT2D eigenvalue weighted by atomic mass is 32.2. The first-order chi connectivity index (χ1) is 19.2. The second-order valence-electron chi connectivity index (χ2n) is 8.76. The summed E-state index contributed by atoms with van der Waals surface area (Å²) in [6, 6.07) is 18.9. The number of carboxylic acid groups (broad SMARTS) is 1. The van der Waals surface area contributed by atoms with Crippen LogP contribution in [-0.2, 0) is 16.0 Å². The number of amides is 1. The summed E-state index contributed by atoms with van der Waals surface area (Å²) in [6.45, 7) is 2.03. The standard InChI is InChI=1S/C21H22N4O3S.C9H11FO/c1-29-18-5-3-2-4-16(18)17(11-20(27)28)25-19(26)12-24-14-6-7-15-13(10-14)8-9-23-21(15)22;1-3-7-4-5-8(10)6-9(7)11-2/h2-10,17,24H,11-12H2,1H3,(H2,22,23)(H,25,26)(H,27,28);4-6H,3H2,1-2H3. The van der Waals surface area contributed by atoms with E-state index >= 15 is 0 Å². The average molecular weight is 565 g/mol. The molecule has 0 saturated heterocycles. The van der Waals surface area contributed by atoms with Crippen molar-refractivity contribution in [2.75, 3.05) is 31.0 Å². The maximum Gasteiger partial charge on any atom is 0.305 e. The largest absolute Gasteiger partial charge is 0.496 e. The minimum Gasteiger partial charge on any atom is -0.496 e. The number of rotatable bonds is 10. The number of benzene rings is 3. The van der Waals surface area contributed by atoms with E-state index in [1.165, 1.54) is 23.9 Å². The molecule has 1 unspecified atom stereocenters. The van der Waals surface area contributed by atoms with Gasteiger partial charge in [-0.05, 0) is 65.6 Å². The topological polar surface area (TPSA) is 127 Å². The van der Waals surface area contributed by atoms with Crippen LogP contribution in [0, 0.1) is 5.82 Å². The molecule has 1 amide bonds. The zero-order valence-electron chi connectivity index (χ0n) is 22.6.